The molecule has 216 valence electrons. The van der Waals surface area contributed by atoms with Crippen molar-refractivity contribution >= 4 is 17.7 Å². The van der Waals surface area contributed by atoms with Crippen molar-refractivity contribution in [1.29, 1.82) is 0 Å². The fourth-order valence-electron chi connectivity index (χ4n) is 4.43. The molecule has 10 heteroatoms. The molecule has 0 saturated carbocycles. The summed E-state index contributed by atoms with van der Waals surface area (Å²) in [6.45, 7) is 3.25. The van der Waals surface area contributed by atoms with Crippen LogP contribution in [0.5, 0.6) is 23.0 Å². The number of benzene rings is 2. The van der Waals surface area contributed by atoms with Crippen molar-refractivity contribution in [3.63, 3.8) is 0 Å². The molecule has 41 heavy (non-hydrogen) atoms. The summed E-state index contributed by atoms with van der Waals surface area (Å²) in [6, 6.07) is 19.9. The van der Waals surface area contributed by atoms with E-state index in [1.54, 1.807) is 19.1 Å². The van der Waals surface area contributed by atoms with E-state index in [0.717, 1.165) is 0 Å². The summed E-state index contributed by atoms with van der Waals surface area (Å²) in [6.07, 6.45) is -0.752. The Morgan fingerprint density at radius 2 is 1.63 bits per heavy atom. The summed E-state index contributed by atoms with van der Waals surface area (Å²) in [7, 11) is 1.39. The molecule has 0 N–H and O–H groups in total. The summed E-state index contributed by atoms with van der Waals surface area (Å²) < 4.78 is 34.8. The maximum Gasteiger partial charge on any atom is 0.309 e. The van der Waals surface area contributed by atoms with Gasteiger partial charge < -0.3 is 28.4 Å². The molecule has 10 nitrogen and oxygen atoms in total. The fraction of sp³-hybridized carbons (Fsp3) is 0.355. The monoisotopic (exact) mass is 563 g/mol. The van der Waals surface area contributed by atoms with E-state index < -0.39 is 42.0 Å². The van der Waals surface area contributed by atoms with Gasteiger partial charge in [-0.2, -0.15) is 0 Å². The van der Waals surface area contributed by atoms with E-state index in [1.807, 2.05) is 48.5 Å². The van der Waals surface area contributed by atoms with Crippen LogP contribution >= 0.6 is 0 Å². The molecule has 2 aromatic carbocycles. The second kappa shape index (κ2) is 14.3. The first kappa shape index (κ1) is 29.5. The van der Waals surface area contributed by atoms with Gasteiger partial charge in [-0.25, -0.2) is 4.98 Å². The van der Waals surface area contributed by atoms with Crippen LogP contribution in [0.4, 0.5) is 0 Å². The van der Waals surface area contributed by atoms with Crippen molar-refractivity contribution in [2.24, 2.45) is 5.92 Å². The molecule has 1 aromatic heterocycles. The highest BCUT2D eigenvalue weighted by Gasteiger charge is 2.37. The van der Waals surface area contributed by atoms with Crippen LogP contribution in [-0.4, -0.2) is 61.3 Å². The number of ether oxygens (including phenoxy) is 6. The number of para-hydroxylation sites is 2. The fourth-order valence-corrected chi connectivity index (χ4v) is 4.43. The molecule has 0 spiro atoms. The standard InChI is InChI=1S/C31H33NO9/c1-20-29(41-24-12-8-5-9-13-24)27(40-23-10-6-4-7-11-23)19-37-17-15-22(31(35)38-20)18-25(34)28-30(39-21(2)33)26(36-3)14-16-32-28/h4-14,16,20,22,27,29H,15,17-19H2,1-3H3/t20-,22+,27-,29-/m0/s1. The Morgan fingerprint density at radius 3 is 2.27 bits per heavy atom. The third kappa shape index (κ3) is 8.04. The minimum Gasteiger partial charge on any atom is -0.493 e. The van der Waals surface area contributed by atoms with Gasteiger partial charge in [0.2, 0.25) is 5.75 Å². The molecule has 0 radical (unpaired) electrons. The van der Waals surface area contributed by atoms with E-state index in [0.29, 0.717) is 11.5 Å². The molecule has 0 bridgehead atoms. The van der Waals surface area contributed by atoms with E-state index in [9.17, 15) is 14.4 Å². The third-order valence-corrected chi connectivity index (χ3v) is 6.43. The zero-order valence-corrected chi connectivity index (χ0v) is 23.2. The van der Waals surface area contributed by atoms with E-state index in [2.05, 4.69) is 4.98 Å². The molecule has 4 atom stereocenters. The smallest absolute Gasteiger partial charge is 0.309 e. The van der Waals surface area contributed by atoms with Crippen LogP contribution in [0.15, 0.2) is 72.9 Å². The number of hydrogen-bond acceptors (Lipinski definition) is 10. The maximum absolute atomic E-state index is 13.4. The molecular formula is C31H33NO9. The second-order valence-electron chi connectivity index (χ2n) is 9.48. The van der Waals surface area contributed by atoms with E-state index >= 15 is 0 Å². The Balaban J connectivity index is 1.55. The highest BCUT2D eigenvalue weighted by molar-refractivity contribution is 6.00. The van der Waals surface area contributed by atoms with Crippen molar-refractivity contribution in [3.8, 4) is 23.0 Å². The average Bonchev–Trinajstić information content (AvgIpc) is 2.97. The van der Waals surface area contributed by atoms with E-state index in [4.69, 9.17) is 28.4 Å². The lowest BCUT2D eigenvalue weighted by atomic mass is 9.96. The number of pyridine rings is 1. The lowest BCUT2D eigenvalue weighted by molar-refractivity contribution is -0.165. The first-order valence-electron chi connectivity index (χ1n) is 13.3. The molecule has 1 aliphatic rings. The second-order valence-corrected chi connectivity index (χ2v) is 9.48. The normalized spacial score (nSPS) is 21.2. The number of nitrogens with zero attached hydrogens (tertiary/aromatic N) is 1. The van der Waals surface area contributed by atoms with Crippen molar-refractivity contribution in [3.05, 3.63) is 78.6 Å². The summed E-state index contributed by atoms with van der Waals surface area (Å²) >= 11 is 0. The lowest BCUT2D eigenvalue weighted by Crippen LogP contribution is -2.49. The van der Waals surface area contributed by atoms with Crippen LogP contribution in [0.3, 0.4) is 0 Å². The van der Waals surface area contributed by atoms with Gasteiger partial charge in [0.25, 0.3) is 0 Å². The predicted molar refractivity (Wildman–Crippen MR) is 147 cm³/mol. The van der Waals surface area contributed by atoms with Gasteiger partial charge in [0, 0.05) is 32.2 Å². The molecule has 1 aliphatic heterocycles. The molecule has 0 amide bonds. The number of carbonyl (C=O) groups is 3. The lowest BCUT2D eigenvalue weighted by Gasteiger charge is -2.34. The minimum absolute atomic E-state index is 0.0948. The number of carbonyl (C=O) groups excluding carboxylic acids is 3. The Morgan fingerprint density at radius 1 is 0.976 bits per heavy atom. The first-order chi connectivity index (χ1) is 19.9. The Kier molecular flexibility index (Phi) is 10.3. The molecule has 1 saturated heterocycles. The number of esters is 2. The van der Waals surface area contributed by atoms with Gasteiger partial charge >= 0.3 is 11.9 Å². The minimum atomic E-state index is -0.841. The van der Waals surface area contributed by atoms with Gasteiger partial charge in [-0.3, -0.25) is 14.4 Å². The Labute approximate surface area is 238 Å². The van der Waals surface area contributed by atoms with Crippen molar-refractivity contribution < 1.29 is 42.8 Å². The number of aromatic nitrogens is 1. The van der Waals surface area contributed by atoms with Crippen LogP contribution in [-0.2, 0) is 19.1 Å². The number of methoxy groups -OCH3 is 1. The van der Waals surface area contributed by atoms with Gasteiger partial charge in [-0.05, 0) is 37.6 Å². The zero-order chi connectivity index (χ0) is 29.2. The highest BCUT2D eigenvalue weighted by Crippen LogP contribution is 2.32. The van der Waals surface area contributed by atoms with Crippen molar-refractivity contribution in [2.75, 3.05) is 20.3 Å². The van der Waals surface area contributed by atoms with Gasteiger partial charge in [-0.15, -0.1) is 0 Å². The highest BCUT2D eigenvalue weighted by atomic mass is 16.6. The molecule has 0 aliphatic carbocycles. The van der Waals surface area contributed by atoms with E-state index in [1.165, 1.54) is 26.3 Å². The largest absolute Gasteiger partial charge is 0.493 e. The average molecular weight is 564 g/mol. The topological polar surface area (TPSA) is 119 Å². The van der Waals surface area contributed by atoms with Crippen LogP contribution in [0, 0.1) is 5.92 Å². The molecule has 2 heterocycles. The molecule has 3 aromatic rings. The third-order valence-electron chi connectivity index (χ3n) is 6.43. The molecule has 0 unspecified atom stereocenters. The van der Waals surface area contributed by atoms with Crippen molar-refractivity contribution in [2.45, 2.75) is 45.0 Å². The Hall–Kier alpha value is -4.44. The number of cyclic esters (lactones) is 1. The summed E-state index contributed by atoms with van der Waals surface area (Å²) in [5.41, 5.74) is -0.111. The van der Waals surface area contributed by atoms with Crippen LogP contribution < -0.4 is 18.9 Å². The van der Waals surface area contributed by atoms with Crippen LogP contribution in [0.25, 0.3) is 0 Å². The van der Waals surface area contributed by atoms with Crippen LogP contribution in [0.1, 0.15) is 37.2 Å². The Bertz CT molecular complexity index is 1320. The summed E-state index contributed by atoms with van der Waals surface area (Å²) in [4.78, 5) is 42.5. The van der Waals surface area contributed by atoms with E-state index in [-0.39, 0.29) is 43.2 Å². The summed E-state index contributed by atoms with van der Waals surface area (Å²) in [5, 5.41) is 0. The van der Waals surface area contributed by atoms with Crippen LogP contribution in [0.2, 0.25) is 0 Å². The van der Waals surface area contributed by atoms with Gasteiger partial charge in [-0.1, -0.05) is 36.4 Å². The molecule has 1 fully saturated rings. The SMILES string of the molecule is COc1ccnc(C(=O)C[C@H]2CCOC[C@H](Oc3ccccc3)[C@@H](Oc3ccccc3)[C@H](C)OC2=O)c1OC(C)=O. The predicted octanol–water partition coefficient (Wildman–Crippen LogP) is 4.45. The first-order valence-corrected chi connectivity index (χ1v) is 13.3. The number of ketones is 1. The van der Waals surface area contributed by atoms with Gasteiger partial charge in [0.05, 0.1) is 19.6 Å². The van der Waals surface area contributed by atoms with Gasteiger partial charge in [0.15, 0.2) is 29.4 Å². The zero-order valence-electron chi connectivity index (χ0n) is 23.2. The number of rotatable bonds is 9. The number of Topliss-reactive ketones (excluding diaryl/α,β-unsaturated/α-hetero) is 1. The molecule has 4 rings (SSSR count). The maximum atomic E-state index is 13.4. The quantitative estimate of drug-likeness (QED) is 0.273. The van der Waals surface area contributed by atoms with Gasteiger partial charge in [0.1, 0.15) is 17.6 Å². The summed E-state index contributed by atoms with van der Waals surface area (Å²) in [5.74, 6) is -1.29. The van der Waals surface area contributed by atoms with Crippen molar-refractivity contribution in [1.82, 2.24) is 4.98 Å². The molecular weight excluding hydrogens is 530 g/mol. The number of hydrogen-bond donors (Lipinski definition) is 0.